The van der Waals surface area contributed by atoms with E-state index in [4.69, 9.17) is 0 Å². The van der Waals surface area contributed by atoms with Crippen molar-refractivity contribution in [3.63, 3.8) is 0 Å². The van der Waals surface area contributed by atoms with E-state index in [1.165, 1.54) is 6.07 Å². The summed E-state index contributed by atoms with van der Waals surface area (Å²) in [5, 5.41) is 0. The van der Waals surface area contributed by atoms with Crippen LogP contribution in [0, 0.1) is 38.6 Å². The summed E-state index contributed by atoms with van der Waals surface area (Å²) in [5.74, 6) is -1.32. The van der Waals surface area contributed by atoms with E-state index < -0.39 is 11.6 Å². The molecule has 0 atom stereocenters. The minimum Gasteiger partial charge on any atom is -0.358 e. The van der Waals surface area contributed by atoms with Crippen molar-refractivity contribution in [3.05, 3.63) is 75.1 Å². The summed E-state index contributed by atoms with van der Waals surface area (Å²) in [6.45, 7) is 0. The summed E-state index contributed by atoms with van der Waals surface area (Å²) in [6, 6.07) is 5.41. The van der Waals surface area contributed by atoms with Crippen LogP contribution in [0.25, 0.3) is 0 Å². The summed E-state index contributed by atoms with van der Waals surface area (Å²) in [5.41, 5.74) is 0. The molecule has 2 rings (SSSR count). The van der Waals surface area contributed by atoms with Gasteiger partial charge < -0.3 is 14.9 Å². The second kappa shape index (κ2) is 12.3. The summed E-state index contributed by atoms with van der Waals surface area (Å²) in [6.07, 6.45) is 10.0. The Morgan fingerprint density at radius 1 is 1.06 bits per heavy atom. The molecule has 0 aliphatic heterocycles. The molecule has 3 heteroatoms. The van der Waals surface area contributed by atoms with Gasteiger partial charge in [0, 0.05) is 11.6 Å². The minimum atomic E-state index is -0.662. The third-order valence-corrected chi connectivity index (χ3v) is 1.31. The molecule has 0 bridgehead atoms. The first kappa shape index (κ1) is 20.7. The van der Waals surface area contributed by atoms with Crippen LogP contribution in [0.1, 0.15) is 6.42 Å². The molecule has 1 aliphatic carbocycles. The summed E-state index contributed by atoms with van der Waals surface area (Å²) < 4.78 is 23.7. The number of benzene rings is 1. The maximum Gasteiger partial charge on any atom is 4.00 e. The fraction of sp³-hybridized carbons (Fsp3) is 0.0769. The van der Waals surface area contributed by atoms with E-state index >= 15 is 0 Å². The van der Waals surface area contributed by atoms with Gasteiger partial charge in [-0.15, -0.1) is 24.6 Å². The standard InChI is InChI=1S/C6H3F2.C5H5.2CH3.Ti/c7-5-2-1-3-6(8)4-5;1-2-4-5-3-1;;;/h1-3H;1-3H,4H2;2*1H3;/q4*-1;+4. The molecule has 0 amide bonds. The Balaban J connectivity index is -0.000000189. The molecular formula is C13H14F2Ti. The Kier molecular flexibility index (Phi) is 15.9. The first-order valence-electron chi connectivity index (χ1n) is 3.84. The maximum atomic E-state index is 11.9. The molecule has 1 aliphatic rings. The number of halogens is 2. The predicted octanol–water partition coefficient (Wildman–Crippen LogP) is 3.97. The quantitative estimate of drug-likeness (QED) is 0.486. The zero-order chi connectivity index (χ0) is 9.52. The van der Waals surface area contributed by atoms with E-state index in [0.29, 0.717) is 0 Å². The van der Waals surface area contributed by atoms with Gasteiger partial charge in [0.15, 0.2) is 0 Å². The normalized spacial score (nSPS) is 10.1. The fourth-order valence-electron chi connectivity index (χ4n) is 0.755. The van der Waals surface area contributed by atoms with Gasteiger partial charge in [-0.25, -0.2) is 20.9 Å². The molecule has 16 heavy (non-hydrogen) atoms. The molecule has 0 fully saturated rings. The van der Waals surface area contributed by atoms with Gasteiger partial charge in [0.25, 0.3) is 0 Å². The van der Waals surface area contributed by atoms with Crippen molar-refractivity contribution in [1.29, 1.82) is 0 Å². The van der Waals surface area contributed by atoms with E-state index in [2.05, 4.69) is 12.2 Å². The predicted molar refractivity (Wildman–Crippen MR) is 59.6 cm³/mol. The van der Waals surface area contributed by atoms with Crippen LogP contribution in [0.5, 0.6) is 0 Å². The van der Waals surface area contributed by atoms with Crippen LogP contribution in [-0.4, -0.2) is 0 Å². The number of hydrogen-bond acceptors (Lipinski definition) is 0. The first-order valence-corrected chi connectivity index (χ1v) is 3.84. The van der Waals surface area contributed by atoms with Crippen molar-refractivity contribution < 1.29 is 30.5 Å². The molecule has 84 valence electrons. The van der Waals surface area contributed by atoms with Crippen LogP contribution in [0.15, 0.2) is 36.4 Å². The molecule has 0 radical (unpaired) electrons. The minimum absolute atomic E-state index is 0. The zero-order valence-electron chi connectivity index (χ0n) is 9.43. The first-order chi connectivity index (χ1) is 6.29. The van der Waals surface area contributed by atoms with Crippen LogP contribution in [0.4, 0.5) is 8.78 Å². The summed E-state index contributed by atoms with van der Waals surface area (Å²) in [7, 11) is 0. The molecule has 0 saturated carbocycles. The summed E-state index contributed by atoms with van der Waals surface area (Å²) >= 11 is 0. The fourth-order valence-corrected chi connectivity index (χ4v) is 0.755. The second-order valence-corrected chi connectivity index (χ2v) is 2.35. The van der Waals surface area contributed by atoms with Crippen molar-refractivity contribution >= 4 is 0 Å². The Morgan fingerprint density at radius 2 is 1.62 bits per heavy atom. The zero-order valence-corrected chi connectivity index (χ0v) is 11.0. The average molecular weight is 256 g/mol. The molecule has 0 aromatic heterocycles. The Morgan fingerprint density at radius 3 is 1.81 bits per heavy atom. The molecule has 1 aromatic carbocycles. The molecule has 0 nitrogen and oxygen atoms in total. The third kappa shape index (κ3) is 9.82. The van der Waals surface area contributed by atoms with Crippen LogP contribution in [0.3, 0.4) is 0 Å². The van der Waals surface area contributed by atoms with Crippen molar-refractivity contribution in [2.45, 2.75) is 6.42 Å². The van der Waals surface area contributed by atoms with Crippen molar-refractivity contribution in [2.24, 2.45) is 0 Å². The van der Waals surface area contributed by atoms with Crippen molar-refractivity contribution in [2.75, 3.05) is 0 Å². The van der Waals surface area contributed by atoms with Crippen LogP contribution in [0.2, 0.25) is 0 Å². The monoisotopic (exact) mass is 256 g/mol. The Bertz CT molecular complexity index is 292. The number of rotatable bonds is 0. The molecule has 1 aromatic rings. The third-order valence-electron chi connectivity index (χ3n) is 1.31. The number of hydrogen-bond donors (Lipinski definition) is 0. The molecule has 0 spiro atoms. The summed E-state index contributed by atoms with van der Waals surface area (Å²) in [4.78, 5) is 0. The number of allylic oxidation sites excluding steroid dienone is 4. The SMILES string of the molecule is Fc1[c-]c(F)ccc1.[C-]1=CC=CC1.[CH3-].[CH3-].[Ti+4]. The van der Waals surface area contributed by atoms with E-state index in [1.54, 1.807) is 0 Å². The molecule has 0 N–H and O–H groups in total. The van der Waals surface area contributed by atoms with E-state index in [0.717, 1.165) is 18.6 Å². The van der Waals surface area contributed by atoms with Gasteiger partial charge in [0.1, 0.15) is 0 Å². The molecule has 0 unspecified atom stereocenters. The van der Waals surface area contributed by atoms with E-state index in [9.17, 15) is 8.78 Å². The molecular weight excluding hydrogens is 242 g/mol. The maximum absolute atomic E-state index is 11.9. The van der Waals surface area contributed by atoms with Gasteiger partial charge in [-0.3, -0.25) is 6.08 Å². The average Bonchev–Trinajstić information content (AvgIpc) is 2.59. The Labute approximate surface area is 112 Å². The van der Waals surface area contributed by atoms with Crippen LogP contribution >= 0.6 is 0 Å². The molecule has 0 saturated heterocycles. The van der Waals surface area contributed by atoms with Crippen molar-refractivity contribution in [3.8, 4) is 0 Å². The van der Waals surface area contributed by atoms with Gasteiger partial charge in [0.05, 0.1) is 0 Å². The van der Waals surface area contributed by atoms with Crippen LogP contribution < -0.4 is 0 Å². The molecule has 0 heterocycles. The van der Waals surface area contributed by atoms with Gasteiger partial charge in [-0.1, -0.05) is 0 Å². The van der Waals surface area contributed by atoms with E-state index in [-0.39, 0.29) is 36.6 Å². The smallest absolute Gasteiger partial charge is 0.358 e. The second-order valence-electron chi connectivity index (χ2n) is 2.35. The van der Waals surface area contributed by atoms with E-state index in [1.807, 2.05) is 18.2 Å². The van der Waals surface area contributed by atoms with Crippen LogP contribution in [-0.2, 0) is 21.7 Å². The van der Waals surface area contributed by atoms with Crippen molar-refractivity contribution in [1.82, 2.24) is 0 Å². The van der Waals surface area contributed by atoms with Gasteiger partial charge in [-0.2, -0.15) is 12.1 Å². The Hall–Kier alpha value is -0.726. The van der Waals surface area contributed by atoms with Gasteiger partial charge in [-0.05, 0) is 0 Å². The largest absolute Gasteiger partial charge is 4.00 e. The topological polar surface area (TPSA) is 0 Å². The van der Waals surface area contributed by atoms with Gasteiger partial charge in [0.2, 0.25) is 0 Å². The van der Waals surface area contributed by atoms with Gasteiger partial charge >= 0.3 is 21.7 Å².